The molecule has 0 aromatic heterocycles. The summed E-state index contributed by atoms with van der Waals surface area (Å²) in [5, 5.41) is 13.5. The largest absolute Gasteiger partial charge is 0.480 e. The summed E-state index contributed by atoms with van der Waals surface area (Å²) in [5.74, 6) is -2.33. The van der Waals surface area contributed by atoms with E-state index in [1.807, 2.05) is 0 Å². The number of rotatable bonds is 7. The number of aliphatic carboxylic acids is 1. The summed E-state index contributed by atoms with van der Waals surface area (Å²) in [7, 11) is 4.01. The molecule has 114 valence electrons. The first-order valence-corrected chi connectivity index (χ1v) is 5.83. The van der Waals surface area contributed by atoms with Crippen LogP contribution in [-0.2, 0) is 19.1 Å². The number of methoxy groups -OCH3 is 1. The Morgan fingerprint density at radius 3 is 2.35 bits per heavy atom. The summed E-state index contributed by atoms with van der Waals surface area (Å²) in [6.07, 6.45) is -0.379. The third kappa shape index (κ3) is 6.57. The molecule has 0 unspecified atom stereocenters. The summed E-state index contributed by atoms with van der Waals surface area (Å²) < 4.78 is 4.35. The molecule has 0 radical (unpaired) electrons. The zero-order chi connectivity index (χ0) is 15.7. The van der Waals surface area contributed by atoms with Crippen LogP contribution in [0.2, 0.25) is 0 Å². The van der Waals surface area contributed by atoms with Gasteiger partial charge in [0.15, 0.2) is 0 Å². The van der Waals surface area contributed by atoms with Crippen molar-refractivity contribution in [3.05, 3.63) is 0 Å². The van der Waals surface area contributed by atoms with Crippen molar-refractivity contribution in [2.24, 2.45) is 0 Å². The van der Waals surface area contributed by atoms with Gasteiger partial charge in [0, 0.05) is 27.1 Å². The molecule has 0 spiro atoms. The molecule has 0 aromatic rings. The summed E-state index contributed by atoms with van der Waals surface area (Å²) in [5.41, 5.74) is 0. The molecule has 3 N–H and O–H groups in total. The van der Waals surface area contributed by atoms with Gasteiger partial charge in [-0.25, -0.2) is 9.59 Å². The van der Waals surface area contributed by atoms with Gasteiger partial charge in [-0.1, -0.05) is 0 Å². The van der Waals surface area contributed by atoms with Crippen molar-refractivity contribution in [2.45, 2.75) is 18.9 Å². The number of hydrogen-bond acceptors (Lipinski definition) is 5. The molecule has 20 heavy (non-hydrogen) atoms. The third-order valence-electron chi connectivity index (χ3n) is 2.49. The van der Waals surface area contributed by atoms with E-state index in [1.165, 1.54) is 14.1 Å². The van der Waals surface area contributed by atoms with Crippen LogP contribution in [0, 0.1) is 0 Å². The van der Waals surface area contributed by atoms with Crippen LogP contribution >= 0.6 is 0 Å². The molecule has 0 heterocycles. The molecular weight excluding hydrogens is 270 g/mol. The Kier molecular flexibility index (Phi) is 7.71. The van der Waals surface area contributed by atoms with E-state index >= 15 is 0 Å². The summed E-state index contributed by atoms with van der Waals surface area (Å²) >= 11 is 0. The van der Waals surface area contributed by atoms with Gasteiger partial charge in [-0.15, -0.1) is 0 Å². The number of nitrogens with one attached hydrogen (secondary N) is 2. The van der Waals surface area contributed by atoms with Gasteiger partial charge in [-0.2, -0.15) is 0 Å². The normalized spacial score (nSPS) is 11.2. The predicted octanol–water partition coefficient (Wildman–Crippen LogP) is -1.22. The number of amides is 3. The fourth-order valence-electron chi connectivity index (χ4n) is 1.21. The quantitative estimate of drug-likeness (QED) is 0.504. The van der Waals surface area contributed by atoms with E-state index in [0.29, 0.717) is 0 Å². The lowest BCUT2D eigenvalue weighted by atomic mass is 10.2. The van der Waals surface area contributed by atoms with E-state index in [-0.39, 0.29) is 18.9 Å². The minimum Gasteiger partial charge on any atom is -0.480 e. The number of carboxylic acids is 1. The first-order valence-electron chi connectivity index (χ1n) is 5.83. The summed E-state index contributed by atoms with van der Waals surface area (Å²) in [6, 6.07) is -2.07. The molecule has 9 heteroatoms. The molecule has 0 saturated carbocycles. The molecule has 0 rings (SSSR count). The number of nitrogens with zero attached hydrogens (tertiary/aromatic N) is 1. The molecule has 0 aliphatic rings. The highest BCUT2D eigenvalue weighted by Crippen LogP contribution is 1.98. The first kappa shape index (κ1) is 17.7. The topological polar surface area (TPSA) is 125 Å². The van der Waals surface area contributed by atoms with Crippen molar-refractivity contribution in [2.75, 3.05) is 27.7 Å². The van der Waals surface area contributed by atoms with Crippen LogP contribution in [0.25, 0.3) is 0 Å². The van der Waals surface area contributed by atoms with Crippen molar-refractivity contribution in [3.63, 3.8) is 0 Å². The average Bonchev–Trinajstić information content (AvgIpc) is 2.42. The van der Waals surface area contributed by atoms with Gasteiger partial charge in [0.2, 0.25) is 5.91 Å². The lowest BCUT2D eigenvalue weighted by molar-refractivity contribution is -0.147. The number of esters is 1. The van der Waals surface area contributed by atoms with Crippen LogP contribution in [0.1, 0.15) is 12.8 Å². The van der Waals surface area contributed by atoms with Crippen LogP contribution in [0.3, 0.4) is 0 Å². The van der Waals surface area contributed by atoms with Gasteiger partial charge in [-0.3, -0.25) is 9.59 Å². The van der Waals surface area contributed by atoms with E-state index in [2.05, 4.69) is 15.4 Å². The standard InChI is InChI=1S/C11H19N3O6/c1-12-8(15)4-5-14(2)11(19)13-7(10(17)18)6-9(16)20-3/h7H,4-6H2,1-3H3,(H,12,15)(H,13,19)(H,17,18)/t7-/m0/s1. The molecule has 0 saturated heterocycles. The molecule has 3 amide bonds. The number of carboxylic acid groups (broad SMARTS) is 1. The summed E-state index contributed by atoms with van der Waals surface area (Å²) in [6.45, 7) is 0.121. The minimum absolute atomic E-state index is 0.0924. The Balaban J connectivity index is 4.40. The predicted molar refractivity (Wildman–Crippen MR) is 67.9 cm³/mol. The molecule has 0 bridgehead atoms. The zero-order valence-electron chi connectivity index (χ0n) is 11.6. The van der Waals surface area contributed by atoms with Crippen LogP contribution < -0.4 is 10.6 Å². The second-order valence-corrected chi connectivity index (χ2v) is 3.97. The molecule has 0 aliphatic heterocycles. The fourth-order valence-corrected chi connectivity index (χ4v) is 1.21. The Hall–Kier alpha value is -2.32. The summed E-state index contributed by atoms with van der Waals surface area (Å²) in [4.78, 5) is 45.8. The molecule has 9 nitrogen and oxygen atoms in total. The average molecular weight is 289 g/mol. The number of carbonyl (C=O) groups excluding carboxylic acids is 3. The second kappa shape index (κ2) is 8.73. The van der Waals surface area contributed by atoms with E-state index < -0.39 is 30.4 Å². The third-order valence-corrected chi connectivity index (χ3v) is 2.49. The fraction of sp³-hybridized carbons (Fsp3) is 0.636. The second-order valence-electron chi connectivity index (χ2n) is 3.97. The number of ether oxygens (including phenoxy) is 1. The van der Waals surface area contributed by atoms with Gasteiger partial charge in [0.05, 0.1) is 13.5 Å². The van der Waals surface area contributed by atoms with Crippen molar-refractivity contribution < 1.29 is 29.0 Å². The highest BCUT2D eigenvalue weighted by Gasteiger charge is 2.25. The maximum atomic E-state index is 11.7. The van der Waals surface area contributed by atoms with E-state index in [4.69, 9.17) is 5.11 Å². The van der Waals surface area contributed by atoms with Crippen LogP contribution in [0.4, 0.5) is 4.79 Å². The van der Waals surface area contributed by atoms with Crippen LogP contribution in [0.5, 0.6) is 0 Å². The number of carbonyl (C=O) groups is 4. The molecule has 1 atom stereocenters. The maximum absolute atomic E-state index is 11.7. The van der Waals surface area contributed by atoms with Gasteiger partial charge in [0.1, 0.15) is 6.04 Å². The van der Waals surface area contributed by atoms with E-state index in [0.717, 1.165) is 12.0 Å². The smallest absolute Gasteiger partial charge is 0.326 e. The Labute approximate surface area is 116 Å². The minimum atomic E-state index is -1.38. The Morgan fingerprint density at radius 1 is 1.30 bits per heavy atom. The molecule has 0 aliphatic carbocycles. The Bertz CT molecular complexity index is 384. The lowest BCUT2D eigenvalue weighted by Crippen LogP contribution is -2.48. The van der Waals surface area contributed by atoms with Crippen molar-refractivity contribution in [3.8, 4) is 0 Å². The van der Waals surface area contributed by atoms with Gasteiger partial charge in [-0.05, 0) is 0 Å². The maximum Gasteiger partial charge on any atom is 0.326 e. The van der Waals surface area contributed by atoms with Gasteiger partial charge < -0.3 is 25.4 Å². The van der Waals surface area contributed by atoms with E-state index in [1.54, 1.807) is 0 Å². The Morgan fingerprint density at radius 2 is 1.90 bits per heavy atom. The molecule has 0 aromatic carbocycles. The van der Waals surface area contributed by atoms with Crippen molar-refractivity contribution in [1.82, 2.24) is 15.5 Å². The molecule has 0 fully saturated rings. The van der Waals surface area contributed by atoms with E-state index in [9.17, 15) is 19.2 Å². The van der Waals surface area contributed by atoms with Gasteiger partial charge in [0.25, 0.3) is 0 Å². The highest BCUT2D eigenvalue weighted by molar-refractivity contribution is 5.86. The van der Waals surface area contributed by atoms with Crippen molar-refractivity contribution >= 4 is 23.9 Å². The lowest BCUT2D eigenvalue weighted by Gasteiger charge is -2.20. The molecular formula is C11H19N3O6. The first-order chi connectivity index (χ1) is 9.31. The highest BCUT2D eigenvalue weighted by atomic mass is 16.5. The van der Waals surface area contributed by atoms with Gasteiger partial charge >= 0.3 is 18.0 Å². The van der Waals surface area contributed by atoms with Crippen LogP contribution in [0.15, 0.2) is 0 Å². The SMILES string of the molecule is CNC(=O)CCN(C)C(=O)N[C@@H](CC(=O)OC)C(=O)O. The monoisotopic (exact) mass is 289 g/mol. The van der Waals surface area contributed by atoms with Crippen LogP contribution in [-0.4, -0.2) is 67.7 Å². The van der Waals surface area contributed by atoms with Crippen molar-refractivity contribution in [1.29, 1.82) is 0 Å². The number of hydrogen-bond donors (Lipinski definition) is 3. The zero-order valence-corrected chi connectivity index (χ0v) is 11.6. The number of urea groups is 1.